The number of hydrogen-bond acceptors (Lipinski definition) is 3. The summed E-state index contributed by atoms with van der Waals surface area (Å²) in [5.41, 5.74) is 3.24. The minimum atomic E-state index is -0.442. The number of carbonyl (C=O) groups is 3. The Morgan fingerprint density at radius 2 is 1.56 bits per heavy atom. The van der Waals surface area contributed by atoms with Gasteiger partial charge in [0.05, 0.1) is 12.1 Å². The number of amides is 2. The van der Waals surface area contributed by atoms with Crippen LogP contribution in [-0.4, -0.2) is 43.1 Å². The van der Waals surface area contributed by atoms with Crippen LogP contribution < -0.4 is 5.32 Å². The largest absolute Gasteiger partial charge is 0.347 e. The van der Waals surface area contributed by atoms with Crippen molar-refractivity contribution >= 4 is 17.6 Å². The van der Waals surface area contributed by atoms with E-state index in [4.69, 9.17) is 0 Å². The maximum absolute atomic E-state index is 12.8. The van der Waals surface area contributed by atoms with Gasteiger partial charge < -0.3 is 10.2 Å². The minimum Gasteiger partial charge on any atom is -0.347 e. The fraction of sp³-hybridized carbons (Fsp3) is 0.250. The minimum absolute atomic E-state index is 0.113. The number of nitrogens with one attached hydrogen (secondary N) is 1. The molecule has 1 N–H and O–H groups in total. The Labute approximate surface area is 147 Å². The van der Waals surface area contributed by atoms with Gasteiger partial charge in [-0.1, -0.05) is 30.3 Å². The van der Waals surface area contributed by atoms with E-state index in [9.17, 15) is 14.4 Å². The first-order chi connectivity index (χ1) is 11.8. The van der Waals surface area contributed by atoms with E-state index in [1.54, 1.807) is 44.4 Å². The molecule has 0 bridgehead atoms. The number of carbonyl (C=O) groups excluding carboxylic acids is 3. The predicted octanol–water partition coefficient (Wildman–Crippen LogP) is 2.35. The Hall–Kier alpha value is -2.95. The molecule has 0 unspecified atom stereocenters. The summed E-state index contributed by atoms with van der Waals surface area (Å²) in [6.45, 7) is 3.81. The molecule has 0 heterocycles. The molecule has 2 amide bonds. The number of aryl methyl sites for hydroxylation is 2. The molecular formula is C20H22N2O3. The highest BCUT2D eigenvalue weighted by Gasteiger charge is 2.19. The van der Waals surface area contributed by atoms with Gasteiger partial charge in [-0.3, -0.25) is 14.4 Å². The Kier molecular flexibility index (Phi) is 5.70. The summed E-state index contributed by atoms with van der Waals surface area (Å²) in [4.78, 5) is 38.3. The smallest absolute Gasteiger partial charge is 0.252 e. The topological polar surface area (TPSA) is 66.5 Å². The van der Waals surface area contributed by atoms with Crippen molar-refractivity contribution < 1.29 is 14.4 Å². The quantitative estimate of drug-likeness (QED) is 0.851. The second kappa shape index (κ2) is 7.75. The van der Waals surface area contributed by atoms with Crippen molar-refractivity contribution in [2.75, 3.05) is 20.6 Å². The lowest BCUT2D eigenvalue weighted by Gasteiger charge is -2.13. The van der Waals surface area contributed by atoms with Crippen molar-refractivity contribution in [2.45, 2.75) is 13.8 Å². The normalized spacial score (nSPS) is 10.2. The molecule has 5 heteroatoms. The van der Waals surface area contributed by atoms with Gasteiger partial charge in [0.2, 0.25) is 5.91 Å². The van der Waals surface area contributed by atoms with Crippen molar-refractivity contribution in [3.63, 3.8) is 0 Å². The Bertz CT molecular complexity index is 825. The van der Waals surface area contributed by atoms with Gasteiger partial charge in [0.1, 0.15) is 0 Å². The summed E-state index contributed by atoms with van der Waals surface area (Å²) in [5, 5.41) is 2.56. The lowest BCUT2D eigenvalue weighted by atomic mass is 9.95. The van der Waals surface area contributed by atoms with Crippen LogP contribution in [0.1, 0.15) is 37.4 Å². The summed E-state index contributed by atoms with van der Waals surface area (Å²) < 4.78 is 0. The highest BCUT2D eigenvalue weighted by molar-refractivity contribution is 6.15. The first-order valence-corrected chi connectivity index (χ1v) is 8.00. The molecule has 25 heavy (non-hydrogen) atoms. The van der Waals surface area contributed by atoms with E-state index in [0.717, 1.165) is 11.1 Å². The monoisotopic (exact) mass is 338 g/mol. The SMILES string of the molecule is Cc1ccc(C(=O)c2ccccc2C(=O)NCC(=O)N(C)C)cc1C. The number of nitrogens with zero attached hydrogens (tertiary/aromatic N) is 1. The molecule has 0 fully saturated rings. The van der Waals surface area contributed by atoms with Crippen LogP contribution in [0.15, 0.2) is 42.5 Å². The van der Waals surface area contributed by atoms with Crippen molar-refractivity contribution in [1.29, 1.82) is 0 Å². The van der Waals surface area contributed by atoms with Gasteiger partial charge in [0.15, 0.2) is 5.78 Å². The van der Waals surface area contributed by atoms with Crippen molar-refractivity contribution in [1.82, 2.24) is 10.2 Å². The lowest BCUT2D eigenvalue weighted by Crippen LogP contribution is -2.36. The van der Waals surface area contributed by atoms with Crippen LogP contribution in [-0.2, 0) is 4.79 Å². The number of hydrogen-bond donors (Lipinski definition) is 1. The Morgan fingerprint density at radius 1 is 0.920 bits per heavy atom. The van der Waals surface area contributed by atoms with E-state index in [2.05, 4.69) is 5.32 Å². The second-order valence-corrected chi connectivity index (χ2v) is 6.14. The van der Waals surface area contributed by atoms with Gasteiger partial charge >= 0.3 is 0 Å². The van der Waals surface area contributed by atoms with Crippen molar-refractivity contribution in [3.8, 4) is 0 Å². The van der Waals surface area contributed by atoms with E-state index in [0.29, 0.717) is 11.1 Å². The number of benzene rings is 2. The van der Waals surface area contributed by atoms with Crippen LogP contribution in [0.2, 0.25) is 0 Å². The third-order valence-corrected chi connectivity index (χ3v) is 4.08. The lowest BCUT2D eigenvalue weighted by molar-refractivity contribution is -0.127. The second-order valence-electron chi connectivity index (χ2n) is 6.14. The average Bonchev–Trinajstić information content (AvgIpc) is 2.60. The van der Waals surface area contributed by atoms with E-state index in [-0.39, 0.29) is 23.8 Å². The van der Waals surface area contributed by atoms with Gasteiger partial charge in [0.25, 0.3) is 5.91 Å². The first-order valence-electron chi connectivity index (χ1n) is 8.00. The summed E-state index contributed by atoms with van der Waals surface area (Å²) >= 11 is 0. The summed E-state index contributed by atoms with van der Waals surface area (Å²) in [6, 6.07) is 12.1. The van der Waals surface area contributed by atoms with Crippen LogP contribution in [0.25, 0.3) is 0 Å². The van der Waals surface area contributed by atoms with E-state index < -0.39 is 5.91 Å². The highest BCUT2D eigenvalue weighted by atomic mass is 16.2. The molecule has 0 spiro atoms. The highest BCUT2D eigenvalue weighted by Crippen LogP contribution is 2.17. The van der Waals surface area contributed by atoms with Crippen LogP contribution in [0.5, 0.6) is 0 Å². The van der Waals surface area contributed by atoms with E-state index in [1.165, 1.54) is 4.90 Å². The maximum Gasteiger partial charge on any atom is 0.252 e. The zero-order valence-electron chi connectivity index (χ0n) is 14.9. The molecule has 5 nitrogen and oxygen atoms in total. The van der Waals surface area contributed by atoms with Crippen LogP contribution in [0, 0.1) is 13.8 Å². The maximum atomic E-state index is 12.8. The fourth-order valence-corrected chi connectivity index (χ4v) is 2.33. The van der Waals surface area contributed by atoms with Gasteiger partial charge in [-0.05, 0) is 37.1 Å². The number of likely N-dealkylation sites (N-methyl/N-ethyl adjacent to an activating group) is 1. The molecule has 2 aromatic rings. The molecule has 0 saturated carbocycles. The third kappa shape index (κ3) is 4.32. The molecule has 130 valence electrons. The molecule has 0 aliphatic carbocycles. The third-order valence-electron chi connectivity index (χ3n) is 4.08. The molecule has 2 aromatic carbocycles. The molecular weight excluding hydrogens is 316 g/mol. The predicted molar refractivity (Wildman–Crippen MR) is 96.8 cm³/mol. The molecule has 0 radical (unpaired) electrons. The van der Waals surface area contributed by atoms with Crippen LogP contribution >= 0.6 is 0 Å². The standard InChI is InChI=1S/C20H22N2O3/c1-13-9-10-15(11-14(13)2)19(24)16-7-5-6-8-17(16)20(25)21-12-18(23)22(3)4/h5-11H,12H2,1-4H3,(H,21,25). The Morgan fingerprint density at radius 3 is 2.16 bits per heavy atom. The van der Waals surface area contributed by atoms with Gasteiger partial charge in [-0.2, -0.15) is 0 Å². The van der Waals surface area contributed by atoms with E-state index >= 15 is 0 Å². The summed E-state index contributed by atoms with van der Waals surface area (Å²) in [7, 11) is 3.23. The fourth-order valence-electron chi connectivity index (χ4n) is 2.33. The molecule has 0 aliphatic heterocycles. The Balaban J connectivity index is 2.27. The average molecular weight is 338 g/mol. The molecule has 0 aromatic heterocycles. The molecule has 2 rings (SSSR count). The van der Waals surface area contributed by atoms with Crippen molar-refractivity contribution in [3.05, 3.63) is 70.3 Å². The summed E-state index contributed by atoms with van der Waals surface area (Å²) in [5.74, 6) is -0.873. The number of ketones is 1. The van der Waals surface area contributed by atoms with Gasteiger partial charge in [0, 0.05) is 25.2 Å². The zero-order valence-corrected chi connectivity index (χ0v) is 14.9. The molecule has 0 saturated heterocycles. The van der Waals surface area contributed by atoms with Gasteiger partial charge in [-0.15, -0.1) is 0 Å². The number of rotatable bonds is 5. The van der Waals surface area contributed by atoms with Crippen LogP contribution in [0.3, 0.4) is 0 Å². The van der Waals surface area contributed by atoms with Gasteiger partial charge in [-0.25, -0.2) is 0 Å². The van der Waals surface area contributed by atoms with E-state index in [1.807, 2.05) is 26.0 Å². The molecule has 0 aliphatic rings. The van der Waals surface area contributed by atoms with Crippen molar-refractivity contribution in [2.24, 2.45) is 0 Å². The first kappa shape index (κ1) is 18.4. The zero-order chi connectivity index (χ0) is 18.6. The molecule has 0 atom stereocenters. The summed E-state index contributed by atoms with van der Waals surface area (Å²) in [6.07, 6.45) is 0. The van der Waals surface area contributed by atoms with Crippen LogP contribution in [0.4, 0.5) is 0 Å².